The summed E-state index contributed by atoms with van der Waals surface area (Å²) >= 11 is 0. The van der Waals surface area contributed by atoms with Crippen LogP contribution >= 0.6 is 0 Å². The van der Waals surface area contributed by atoms with Crippen molar-refractivity contribution in [3.63, 3.8) is 0 Å². The summed E-state index contributed by atoms with van der Waals surface area (Å²) in [7, 11) is 0. The van der Waals surface area contributed by atoms with Crippen molar-refractivity contribution >= 4 is 6.29 Å². The van der Waals surface area contributed by atoms with E-state index in [9.17, 15) is 4.79 Å². The van der Waals surface area contributed by atoms with Crippen molar-refractivity contribution < 1.29 is 4.79 Å². The molecule has 0 N–H and O–H groups in total. The predicted octanol–water partition coefficient (Wildman–Crippen LogP) is 1.35. The summed E-state index contributed by atoms with van der Waals surface area (Å²) in [4.78, 5) is 22.7. The summed E-state index contributed by atoms with van der Waals surface area (Å²) in [6, 6.07) is 3.55. The minimum Gasteiger partial charge on any atom is -0.296 e. The molecule has 0 aliphatic carbocycles. The highest BCUT2D eigenvalue weighted by molar-refractivity contribution is 5.83. The van der Waals surface area contributed by atoms with Crippen molar-refractivity contribution in [3.05, 3.63) is 42.6 Å². The Labute approximate surface area is 80.7 Å². The highest BCUT2D eigenvalue weighted by Gasteiger charge is 2.05. The smallest absolute Gasteiger partial charge is 0.169 e. The van der Waals surface area contributed by atoms with Gasteiger partial charge < -0.3 is 0 Å². The first-order chi connectivity index (χ1) is 6.92. The molecule has 2 aromatic heterocycles. The molecular weight excluding hydrogens is 178 g/mol. The summed E-state index contributed by atoms with van der Waals surface area (Å²) in [6.45, 7) is 0. The number of carbonyl (C=O) groups is 1. The van der Waals surface area contributed by atoms with Gasteiger partial charge in [-0.2, -0.15) is 0 Å². The third-order valence-electron chi connectivity index (χ3n) is 1.79. The van der Waals surface area contributed by atoms with Crippen LogP contribution in [0, 0.1) is 0 Å². The Balaban J connectivity index is 2.57. The molecule has 0 aromatic carbocycles. The molecule has 4 heteroatoms. The van der Waals surface area contributed by atoms with Crippen molar-refractivity contribution in [3.8, 4) is 11.3 Å². The van der Waals surface area contributed by atoms with Crippen LogP contribution in [0.1, 0.15) is 10.5 Å². The van der Waals surface area contributed by atoms with E-state index >= 15 is 0 Å². The maximum absolute atomic E-state index is 10.7. The molecular formula is C10H7N3O. The number of carbonyl (C=O) groups excluding carboxylic acids is 1. The maximum atomic E-state index is 10.7. The van der Waals surface area contributed by atoms with Gasteiger partial charge in [0.25, 0.3) is 0 Å². The number of pyridine rings is 1. The lowest BCUT2D eigenvalue weighted by atomic mass is 10.1. The molecule has 0 amide bonds. The largest absolute Gasteiger partial charge is 0.296 e. The number of hydrogen-bond donors (Lipinski definition) is 0. The van der Waals surface area contributed by atoms with Crippen LogP contribution in [0.5, 0.6) is 0 Å². The van der Waals surface area contributed by atoms with E-state index in [2.05, 4.69) is 15.0 Å². The van der Waals surface area contributed by atoms with Crippen molar-refractivity contribution in [1.29, 1.82) is 0 Å². The Morgan fingerprint density at radius 1 is 1.14 bits per heavy atom. The molecule has 4 nitrogen and oxygen atoms in total. The Morgan fingerprint density at radius 2 is 2.07 bits per heavy atom. The van der Waals surface area contributed by atoms with Crippen molar-refractivity contribution in [2.24, 2.45) is 0 Å². The zero-order valence-electron chi connectivity index (χ0n) is 7.29. The maximum Gasteiger partial charge on any atom is 0.169 e. The van der Waals surface area contributed by atoms with Gasteiger partial charge in [-0.3, -0.25) is 19.7 Å². The Morgan fingerprint density at radius 3 is 2.79 bits per heavy atom. The van der Waals surface area contributed by atoms with Gasteiger partial charge in [-0.15, -0.1) is 0 Å². The second-order valence-corrected chi connectivity index (χ2v) is 2.64. The fraction of sp³-hybridized carbons (Fsp3) is 0. The van der Waals surface area contributed by atoms with Crippen molar-refractivity contribution in [2.45, 2.75) is 0 Å². The summed E-state index contributed by atoms with van der Waals surface area (Å²) in [6.07, 6.45) is 7.05. The van der Waals surface area contributed by atoms with Gasteiger partial charge in [0.1, 0.15) is 5.69 Å². The van der Waals surface area contributed by atoms with E-state index in [0.29, 0.717) is 23.2 Å². The van der Waals surface area contributed by atoms with Crippen molar-refractivity contribution in [2.75, 3.05) is 0 Å². The molecule has 0 fully saturated rings. The van der Waals surface area contributed by atoms with Crippen LogP contribution in [0.25, 0.3) is 11.3 Å². The third-order valence-corrected chi connectivity index (χ3v) is 1.79. The van der Waals surface area contributed by atoms with Gasteiger partial charge in [0.15, 0.2) is 6.29 Å². The van der Waals surface area contributed by atoms with Crippen LogP contribution in [0.15, 0.2) is 36.9 Å². The second-order valence-electron chi connectivity index (χ2n) is 2.64. The van der Waals surface area contributed by atoms with E-state index in [1.54, 1.807) is 36.9 Å². The predicted molar refractivity (Wildman–Crippen MR) is 50.7 cm³/mol. The number of aromatic nitrogens is 3. The lowest BCUT2D eigenvalue weighted by Gasteiger charge is -2.00. The minimum atomic E-state index is 0.382. The van der Waals surface area contributed by atoms with E-state index in [0.717, 1.165) is 0 Å². The average molecular weight is 185 g/mol. The molecule has 0 radical (unpaired) electrons. The molecule has 0 spiro atoms. The topological polar surface area (TPSA) is 55.7 Å². The summed E-state index contributed by atoms with van der Waals surface area (Å²) in [5, 5.41) is 0. The fourth-order valence-corrected chi connectivity index (χ4v) is 1.17. The molecule has 2 heterocycles. The van der Waals surface area contributed by atoms with Crippen LogP contribution in [0.4, 0.5) is 0 Å². The van der Waals surface area contributed by atoms with E-state index < -0.39 is 0 Å². The van der Waals surface area contributed by atoms with Crippen LogP contribution in [0.2, 0.25) is 0 Å². The lowest BCUT2D eigenvalue weighted by Crippen LogP contribution is -1.93. The number of rotatable bonds is 2. The summed E-state index contributed by atoms with van der Waals surface area (Å²) in [5.74, 6) is 0. The van der Waals surface area contributed by atoms with Gasteiger partial charge in [0.05, 0.1) is 11.9 Å². The molecule has 0 unspecified atom stereocenters. The first-order valence-electron chi connectivity index (χ1n) is 4.08. The average Bonchev–Trinajstić information content (AvgIpc) is 2.30. The molecule has 0 aliphatic heterocycles. The zero-order valence-corrected chi connectivity index (χ0v) is 7.29. The third kappa shape index (κ3) is 1.50. The molecule has 0 atom stereocenters. The molecule has 0 aliphatic rings. The Kier molecular flexibility index (Phi) is 2.27. The first-order valence-corrected chi connectivity index (χ1v) is 4.08. The molecule has 0 saturated heterocycles. The number of aldehydes is 1. The number of hydrogen-bond acceptors (Lipinski definition) is 4. The quantitative estimate of drug-likeness (QED) is 0.662. The lowest BCUT2D eigenvalue weighted by molar-refractivity contribution is 0.111. The van der Waals surface area contributed by atoms with Crippen LogP contribution in [-0.2, 0) is 0 Å². The SMILES string of the molecule is O=Cc1ncccc1-c1cnccn1. The normalized spacial score (nSPS) is 9.71. The van der Waals surface area contributed by atoms with Crippen LogP contribution < -0.4 is 0 Å². The van der Waals surface area contributed by atoms with E-state index in [4.69, 9.17) is 0 Å². The summed E-state index contributed by atoms with van der Waals surface area (Å²) < 4.78 is 0. The van der Waals surface area contributed by atoms with Gasteiger partial charge in [0.2, 0.25) is 0 Å². The van der Waals surface area contributed by atoms with Crippen molar-refractivity contribution in [1.82, 2.24) is 15.0 Å². The Hall–Kier alpha value is -2.10. The highest BCUT2D eigenvalue weighted by Crippen LogP contribution is 2.16. The van der Waals surface area contributed by atoms with E-state index in [-0.39, 0.29) is 0 Å². The molecule has 2 aromatic rings. The van der Waals surface area contributed by atoms with E-state index in [1.165, 1.54) is 0 Å². The first kappa shape index (κ1) is 8.50. The molecule has 2 rings (SSSR count). The van der Waals surface area contributed by atoms with Gasteiger partial charge >= 0.3 is 0 Å². The fourth-order valence-electron chi connectivity index (χ4n) is 1.17. The molecule has 68 valence electrons. The second kappa shape index (κ2) is 3.74. The Bertz CT molecular complexity index is 442. The van der Waals surface area contributed by atoms with E-state index in [1.807, 2.05) is 0 Å². The standard InChI is InChI=1S/C10H7N3O/c14-7-10-8(2-1-3-12-10)9-6-11-4-5-13-9/h1-7H. The van der Waals surface area contributed by atoms with Crippen LogP contribution in [0.3, 0.4) is 0 Å². The summed E-state index contributed by atoms with van der Waals surface area (Å²) in [5.41, 5.74) is 1.74. The molecule has 0 bridgehead atoms. The minimum absolute atomic E-state index is 0.382. The van der Waals surface area contributed by atoms with Gasteiger partial charge in [-0.25, -0.2) is 0 Å². The monoisotopic (exact) mass is 185 g/mol. The van der Waals surface area contributed by atoms with Gasteiger partial charge in [0, 0.05) is 24.2 Å². The van der Waals surface area contributed by atoms with Gasteiger partial charge in [-0.1, -0.05) is 0 Å². The molecule has 0 saturated carbocycles. The zero-order chi connectivity index (χ0) is 9.80. The van der Waals surface area contributed by atoms with Gasteiger partial charge in [-0.05, 0) is 12.1 Å². The van der Waals surface area contributed by atoms with Crippen LogP contribution in [-0.4, -0.2) is 21.2 Å². The highest BCUT2D eigenvalue weighted by atomic mass is 16.1. The number of nitrogens with zero attached hydrogens (tertiary/aromatic N) is 3. The molecule has 14 heavy (non-hydrogen) atoms.